The molecule has 4 aromatic rings. The normalized spacial score (nSPS) is 15.6. The second-order valence-electron chi connectivity index (χ2n) is 10.9. The number of benzene rings is 4. The van der Waals surface area contributed by atoms with E-state index in [-0.39, 0.29) is 5.41 Å². The molecular weight excluding hydrogens is 410 g/mol. The van der Waals surface area contributed by atoms with Gasteiger partial charge in [0.1, 0.15) is 0 Å². The van der Waals surface area contributed by atoms with Gasteiger partial charge in [0.15, 0.2) is 0 Å². The van der Waals surface area contributed by atoms with Gasteiger partial charge in [0.2, 0.25) is 0 Å². The second kappa shape index (κ2) is 7.87. The molecule has 4 aromatic carbocycles. The van der Waals surface area contributed by atoms with Crippen LogP contribution in [0.5, 0.6) is 0 Å². The topological polar surface area (TPSA) is 3.24 Å². The number of hydrogen-bond acceptors (Lipinski definition) is 1. The van der Waals surface area contributed by atoms with E-state index >= 15 is 0 Å². The fourth-order valence-corrected chi connectivity index (χ4v) is 5.49. The number of nitrogens with zero attached hydrogens (tertiary/aromatic N) is 1. The molecule has 0 amide bonds. The minimum Gasteiger partial charge on any atom is -0.335 e. The van der Waals surface area contributed by atoms with Gasteiger partial charge in [0.25, 0.3) is 0 Å². The molecule has 0 N–H and O–H groups in total. The average Bonchev–Trinajstić information content (AvgIpc) is 3.07. The first kappa shape index (κ1) is 19.0. The van der Waals surface area contributed by atoms with E-state index in [9.17, 15) is 0 Å². The zero-order chi connectivity index (χ0) is 26.8. The van der Waals surface area contributed by atoms with Gasteiger partial charge in [-0.25, -0.2) is 0 Å². The van der Waals surface area contributed by atoms with Gasteiger partial charge in [-0.3, -0.25) is 0 Å². The van der Waals surface area contributed by atoms with E-state index in [0.29, 0.717) is 5.56 Å². The summed E-state index contributed by atoms with van der Waals surface area (Å²) in [6.07, 6.45) is 0. The van der Waals surface area contributed by atoms with Crippen molar-refractivity contribution in [2.45, 2.75) is 59.3 Å². The minimum absolute atomic E-state index is 0.224. The van der Waals surface area contributed by atoms with E-state index in [1.807, 2.05) is 30.3 Å². The van der Waals surface area contributed by atoms with Gasteiger partial charge in [0.05, 0.1) is 5.69 Å². The Bertz CT molecular complexity index is 1470. The predicted octanol–water partition coefficient (Wildman–Crippen LogP) is 9.21. The standard InChI is InChI=1S/C33H35N/c1-22-17-19-25(24-13-9-8-10-14-24)21-29(22)34(32(3,4)5)31-23(2)18-20-28-30(31)26-15-11-12-16-27(26)33(28,6)7/h8-21H,1-7H3/i2D3. The average molecular weight is 449 g/mol. The summed E-state index contributed by atoms with van der Waals surface area (Å²) >= 11 is 0. The van der Waals surface area contributed by atoms with Crippen molar-refractivity contribution < 1.29 is 4.11 Å². The van der Waals surface area contributed by atoms with Crippen molar-refractivity contribution in [3.8, 4) is 22.3 Å². The SMILES string of the molecule is [2H]C([2H])([2H])c1ccc2c(c1N(c1cc(-c3ccccc3)ccc1C)C(C)(C)C)-c1ccccc1C2(C)C. The van der Waals surface area contributed by atoms with Crippen molar-refractivity contribution in [3.05, 3.63) is 107 Å². The third kappa shape index (κ3) is 3.46. The highest BCUT2D eigenvalue weighted by Gasteiger charge is 2.39. The lowest BCUT2D eigenvalue weighted by atomic mass is 9.82. The summed E-state index contributed by atoms with van der Waals surface area (Å²) in [4.78, 5) is 2.27. The smallest absolute Gasteiger partial charge is 0.0528 e. The maximum Gasteiger partial charge on any atom is 0.0528 e. The summed E-state index contributed by atoms with van der Waals surface area (Å²) in [6.45, 7) is 10.8. The number of fused-ring (bicyclic) bond motifs is 3. The number of anilines is 2. The molecule has 172 valence electrons. The molecule has 5 rings (SSSR count). The van der Waals surface area contributed by atoms with Crippen molar-refractivity contribution in [3.63, 3.8) is 0 Å². The van der Waals surface area contributed by atoms with Gasteiger partial charge in [-0.05, 0) is 79.6 Å². The van der Waals surface area contributed by atoms with Crippen LogP contribution in [-0.2, 0) is 5.41 Å². The lowest BCUT2D eigenvalue weighted by Gasteiger charge is -2.41. The summed E-state index contributed by atoms with van der Waals surface area (Å²) in [5.74, 6) is 0. The summed E-state index contributed by atoms with van der Waals surface area (Å²) in [6, 6.07) is 29.2. The lowest BCUT2D eigenvalue weighted by Crippen LogP contribution is -2.39. The fourth-order valence-electron chi connectivity index (χ4n) is 5.49. The third-order valence-corrected chi connectivity index (χ3v) is 7.17. The Balaban J connectivity index is 1.88. The quantitative estimate of drug-likeness (QED) is 0.302. The van der Waals surface area contributed by atoms with Crippen LogP contribution in [-0.4, -0.2) is 5.54 Å². The third-order valence-electron chi connectivity index (χ3n) is 7.17. The highest BCUT2D eigenvalue weighted by atomic mass is 15.2. The number of rotatable bonds is 3. The Morgan fingerprint density at radius 1 is 0.735 bits per heavy atom. The monoisotopic (exact) mass is 448 g/mol. The molecule has 0 radical (unpaired) electrons. The zero-order valence-electron chi connectivity index (χ0n) is 24.0. The van der Waals surface area contributed by atoms with Crippen LogP contribution < -0.4 is 4.90 Å². The Hall–Kier alpha value is -3.32. The Morgan fingerprint density at radius 2 is 1.41 bits per heavy atom. The molecule has 0 fully saturated rings. The second-order valence-corrected chi connectivity index (χ2v) is 10.9. The number of aryl methyl sites for hydroxylation is 2. The van der Waals surface area contributed by atoms with E-state index in [0.717, 1.165) is 39.2 Å². The van der Waals surface area contributed by atoms with Gasteiger partial charge in [-0.1, -0.05) is 92.7 Å². The lowest BCUT2D eigenvalue weighted by molar-refractivity contribution is 0.558. The summed E-state index contributed by atoms with van der Waals surface area (Å²) in [5.41, 5.74) is 9.50. The van der Waals surface area contributed by atoms with Gasteiger partial charge >= 0.3 is 0 Å². The molecule has 0 saturated carbocycles. The molecule has 0 unspecified atom stereocenters. The Kier molecular flexibility index (Phi) is 4.41. The van der Waals surface area contributed by atoms with E-state index < -0.39 is 12.4 Å². The van der Waals surface area contributed by atoms with Crippen LogP contribution in [0.3, 0.4) is 0 Å². The molecule has 0 bridgehead atoms. The summed E-state index contributed by atoms with van der Waals surface area (Å²) in [5, 5.41) is 0. The first-order chi connectivity index (χ1) is 17.3. The Labute approximate surface area is 209 Å². The van der Waals surface area contributed by atoms with Crippen LogP contribution in [0.25, 0.3) is 22.3 Å². The maximum atomic E-state index is 8.56. The van der Waals surface area contributed by atoms with Gasteiger partial charge in [-0.2, -0.15) is 0 Å². The molecule has 34 heavy (non-hydrogen) atoms. The van der Waals surface area contributed by atoms with Crippen molar-refractivity contribution in [2.24, 2.45) is 0 Å². The van der Waals surface area contributed by atoms with Crippen LogP contribution in [0.1, 0.15) is 61.0 Å². The van der Waals surface area contributed by atoms with Crippen LogP contribution in [0.4, 0.5) is 11.4 Å². The summed E-state index contributed by atoms with van der Waals surface area (Å²) in [7, 11) is 0. The van der Waals surface area contributed by atoms with Crippen molar-refractivity contribution in [1.82, 2.24) is 0 Å². The molecule has 1 nitrogen and oxygen atoms in total. The van der Waals surface area contributed by atoms with Crippen LogP contribution in [0.15, 0.2) is 84.9 Å². The molecule has 1 heteroatoms. The minimum atomic E-state index is -2.26. The zero-order valence-corrected chi connectivity index (χ0v) is 21.0. The van der Waals surface area contributed by atoms with Crippen molar-refractivity contribution >= 4 is 11.4 Å². The van der Waals surface area contributed by atoms with Crippen molar-refractivity contribution in [2.75, 3.05) is 4.90 Å². The van der Waals surface area contributed by atoms with Crippen LogP contribution in [0, 0.1) is 13.8 Å². The predicted molar refractivity (Wildman–Crippen MR) is 147 cm³/mol. The van der Waals surface area contributed by atoms with E-state index in [1.165, 1.54) is 11.1 Å². The molecule has 1 aliphatic carbocycles. The summed E-state index contributed by atoms with van der Waals surface area (Å²) < 4.78 is 25.7. The first-order valence-corrected chi connectivity index (χ1v) is 12.1. The molecule has 0 heterocycles. The van der Waals surface area contributed by atoms with Crippen molar-refractivity contribution in [1.29, 1.82) is 0 Å². The molecule has 0 spiro atoms. The van der Waals surface area contributed by atoms with Gasteiger partial charge in [0, 0.05) is 26.3 Å². The Morgan fingerprint density at radius 3 is 2.12 bits per heavy atom. The number of hydrogen-bond donors (Lipinski definition) is 0. The molecule has 0 aliphatic heterocycles. The van der Waals surface area contributed by atoms with E-state index in [4.69, 9.17) is 4.11 Å². The van der Waals surface area contributed by atoms with E-state index in [1.54, 1.807) is 0 Å². The first-order valence-electron chi connectivity index (χ1n) is 13.6. The van der Waals surface area contributed by atoms with Gasteiger partial charge < -0.3 is 4.90 Å². The fraction of sp³-hybridized carbons (Fsp3) is 0.273. The highest BCUT2D eigenvalue weighted by Crippen LogP contribution is 2.55. The molecule has 0 saturated heterocycles. The molecular formula is C33H35N. The molecule has 0 aromatic heterocycles. The van der Waals surface area contributed by atoms with Gasteiger partial charge in [-0.15, -0.1) is 0 Å². The highest BCUT2D eigenvalue weighted by molar-refractivity contribution is 5.94. The van der Waals surface area contributed by atoms with E-state index in [2.05, 4.69) is 101 Å². The molecule has 1 aliphatic rings. The largest absolute Gasteiger partial charge is 0.335 e. The maximum absolute atomic E-state index is 8.56. The van der Waals surface area contributed by atoms with Crippen LogP contribution in [0.2, 0.25) is 0 Å². The van der Waals surface area contributed by atoms with Crippen LogP contribution >= 0.6 is 0 Å². The molecule has 0 atom stereocenters.